The molecule has 1 aliphatic heterocycles. The van der Waals surface area contributed by atoms with E-state index < -0.39 is 67.2 Å². The molecule has 0 unspecified atom stereocenters. The van der Waals surface area contributed by atoms with E-state index in [0.29, 0.717) is 5.69 Å². The van der Waals surface area contributed by atoms with E-state index in [4.69, 9.17) is 23.7 Å². The molecule has 0 spiro atoms. The lowest BCUT2D eigenvalue weighted by atomic mass is 9.97. The van der Waals surface area contributed by atoms with Gasteiger partial charge in [-0.2, -0.15) is 0 Å². The van der Waals surface area contributed by atoms with Crippen LogP contribution in [0.4, 0.5) is 10.5 Å². The molecule has 0 saturated carbocycles. The molecular weight excluding hydrogens is 567 g/mol. The second kappa shape index (κ2) is 12.5. The van der Waals surface area contributed by atoms with Gasteiger partial charge in [0, 0.05) is 31.3 Å². The van der Waals surface area contributed by atoms with E-state index in [9.17, 15) is 24.0 Å². The number of para-hydroxylation sites is 1. The van der Waals surface area contributed by atoms with Crippen LogP contribution in [-0.4, -0.2) is 67.2 Å². The van der Waals surface area contributed by atoms with Crippen molar-refractivity contribution in [3.05, 3.63) is 27.8 Å². The molecule has 0 bridgehead atoms. The average Bonchev–Trinajstić information content (AvgIpc) is 2.71. The molecule has 1 heterocycles. The summed E-state index contributed by atoms with van der Waals surface area (Å²) in [6.45, 7) is 4.11. The fraction of sp³-hybridized carbons (Fsp3) is 0.476. The number of carbonyl (C=O) groups excluding carboxylic acids is 5. The predicted molar refractivity (Wildman–Crippen MR) is 123 cm³/mol. The Morgan fingerprint density at radius 1 is 0.853 bits per heavy atom. The molecule has 1 aromatic rings. The van der Waals surface area contributed by atoms with Gasteiger partial charge < -0.3 is 34.3 Å². The van der Waals surface area contributed by atoms with Crippen LogP contribution >= 0.6 is 22.6 Å². The molecule has 186 valence electrons. The summed E-state index contributed by atoms with van der Waals surface area (Å²) in [6, 6.07) is 6.26. The SMILES string of the molecule is CC(=O)OC[C@@H]1O[C@H](NC(=O)Nc2ccccc2I)[C@H](OC(C)=O)[C@H](OC(C)=O)[C@H]1OC(C)=O. The van der Waals surface area contributed by atoms with Crippen LogP contribution in [0.25, 0.3) is 0 Å². The standard InChI is InChI=1S/C21H25IN2O10/c1-10(25)30-9-16-17(31-11(2)26)18(32-12(3)27)19(33-13(4)28)20(34-16)24-21(29)23-15-8-6-5-7-14(15)22/h5-8,16-20H,9H2,1-4H3,(H2,23,24,29)/t16-,17-,18+,19+,20-/m0/s1. The first-order valence-electron chi connectivity index (χ1n) is 10.1. The molecule has 2 rings (SSSR count). The summed E-state index contributed by atoms with van der Waals surface area (Å²) in [5, 5.41) is 5.16. The van der Waals surface area contributed by atoms with E-state index in [1.807, 2.05) is 22.6 Å². The van der Waals surface area contributed by atoms with Crippen LogP contribution in [0.1, 0.15) is 27.7 Å². The zero-order chi connectivity index (χ0) is 25.4. The van der Waals surface area contributed by atoms with E-state index >= 15 is 0 Å². The van der Waals surface area contributed by atoms with Gasteiger partial charge in [0.15, 0.2) is 24.5 Å². The van der Waals surface area contributed by atoms with E-state index in [-0.39, 0.29) is 0 Å². The molecule has 34 heavy (non-hydrogen) atoms. The Balaban J connectivity index is 2.37. The number of urea groups is 1. The Morgan fingerprint density at radius 3 is 1.97 bits per heavy atom. The van der Waals surface area contributed by atoms with Crippen LogP contribution in [0.15, 0.2) is 24.3 Å². The summed E-state index contributed by atoms with van der Waals surface area (Å²) in [5.41, 5.74) is 0.506. The topological polar surface area (TPSA) is 156 Å². The van der Waals surface area contributed by atoms with Crippen molar-refractivity contribution in [1.29, 1.82) is 0 Å². The van der Waals surface area contributed by atoms with Gasteiger partial charge in [0.05, 0.1) is 5.69 Å². The lowest BCUT2D eigenvalue weighted by Gasteiger charge is -2.44. The van der Waals surface area contributed by atoms with Crippen molar-refractivity contribution in [2.45, 2.75) is 58.3 Å². The fourth-order valence-corrected chi connectivity index (χ4v) is 3.72. The molecule has 2 amide bonds. The maximum atomic E-state index is 12.7. The fourth-order valence-electron chi connectivity index (χ4n) is 3.19. The highest BCUT2D eigenvalue weighted by Crippen LogP contribution is 2.28. The Labute approximate surface area is 209 Å². The first-order valence-corrected chi connectivity index (χ1v) is 11.2. The lowest BCUT2D eigenvalue weighted by molar-refractivity contribution is -0.255. The van der Waals surface area contributed by atoms with E-state index in [0.717, 1.165) is 24.3 Å². The molecule has 13 heteroatoms. The van der Waals surface area contributed by atoms with E-state index in [2.05, 4.69) is 10.6 Å². The number of carbonyl (C=O) groups is 5. The molecule has 1 aromatic carbocycles. The van der Waals surface area contributed by atoms with Gasteiger partial charge in [0.2, 0.25) is 0 Å². The minimum absolute atomic E-state index is 0.395. The summed E-state index contributed by atoms with van der Waals surface area (Å²) in [4.78, 5) is 59.4. The third-order valence-corrected chi connectivity index (χ3v) is 5.33. The van der Waals surface area contributed by atoms with Crippen LogP contribution in [-0.2, 0) is 42.9 Å². The van der Waals surface area contributed by atoms with E-state index in [1.54, 1.807) is 24.3 Å². The molecule has 5 atom stereocenters. The molecule has 0 aliphatic carbocycles. The number of amides is 2. The second-order valence-electron chi connectivity index (χ2n) is 7.20. The number of ether oxygens (including phenoxy) is 5. The Hall–Kier alpha value is -2.94. The van der Waals surface area contributed by atoms with Crippen LogP contribution in [0.3, 0.4) is 0 Å². The Bertz CT molecular complexity index is 940. The zero-order valence-corrected chi connectivity index (χ0v) is 21.0. The highest BCUT2D eigenvalue weighted by molar-refractivity contribution is 14.1. The number of hydrogen-bond acceptors (Lipinski definition) is 10. The monoisotopic (exact) mass is 592 g/mol. The second-order valence-corrected chi connectivity index (χ2v) is 8.36. The van der Waals surface area contributed by atoms with E-state index in [1.165, 1.54) is 6.92 Å². The van der Waals surface area contributed by atoms with Crippen molar-refractivity contribution >= 4 is 58.2 Å². The van der Waals surface area contributed by atoms with Gasteiger partial charge in [0.25, 0.3) is 0 Å². The molecule has 0 radical (unpaired) electrons. The maximum Gasteiger partial charge on any atom is 0.321 e. The highest BCUT2D eigenvalue weighted by Gasteiger charge is 2.52. The number of hydrogen-bond donors (Lipinski definition) is 2. The number of anilines is 1. The van der Waals surface area contributed by atoms with Crippen LogP contribution < -0.4 is 10.6 Å². The number of rotatable bonds is 7. The van der Waals surface area contributed by atoms with Crippen molar-refractivity contribution in [3.8, 4) is 0 Å². The summed E-state index contributed by atoms with van der Waals surface area (Å²) in [7, 11) is 0. The van der Waals surface area contributed by atoms with Crippen LogP contribution in [0.5, 0.6) is 0 Å². The van der Waals surface area contributed by atoms with Gasteiger partial charge in [-0.1, -0.05) is 12.1 Å². The zero-order valence-electron chi connectivity index (χ0n) is 18.9. The molecule has 0 aromatic heterocycles. The lowest BCUT2D eigenvalue weighted by Crippen LogP contribution is -2.66. The third-order valence-electron chi connectivity index (χ3n) is 4.39. The van der Waals surface area contributed by atoms with Gasteiger partial charge in [-0.05, 0) is 34.7 Å². The normalized spacial score (nSPS) is 23.7. The summed E-state index contributed by atoms with van der Waals surface area (Å²) < 4.78 is 27.5. The Kier molecular flexibility index (Phi) is 10.0. The van der Waals surface area contributed by atoms with Crippen LogP contribution in [0, 0.1) is 3.57 Å². The number of esters is 4. The first kappa shape index (κ1) is 27.3. The minimum atomic E-state index is -1.39. The molecule has 2 N–H and O–H groups in total. The minimum Gasteiger partial charge on any atom is -0.463 e. The van der Waals surface area contributed by atoms with Gasteiger partial charge >= 0.3 is 29.9 Å². The summed E-state index contributed by atoms with van der Waals surface area (Å²) >= 11 is 2.04. The quantitative estimate of drug-likeness (QED) is 0.270. The predicted octanol–water partition coefficient (Wildman–Crippen LogP) is 1.50. The molecule has 12 nitrogen and oxygen atoms in total. The molecule has 1 fully saturated rings. The number of benzene rings is 1. The molecule has 1 aliphatic rings. The van der Waals surface area contributed by atoms with Crippen molar-refractivity contribution in [2.24, 2.45) is 0 Å². The summed E-state index contributed by atoms with van der Waals surface area (Å²) in [6.07, 6.45) is -6.59. The first-order chi connectivity index (χ1) is 16.0. The Morgan fingerprint density at radius 2 is 1.41 bits per heavy atom. The smallest absolute Gasteiger partial charge is 0.321 e. The van der Waals surface area contributed by atoms with Crippen molar-refractivity contribution < 1.29 is 47.7 Å². The van der Waals surface area contributed by atoms with Gasteiger partial charge in [-0.25, -0.2) is 4.79 Å². The van der Waals surface area contributed by atoms with Crippen molar-refractivity contribution in [2.75, 3.05) is 11.9 Å². The van der Waals surface area contributed by atoms with Gasteiger partial charge in [-0.3, -0.25) is 19.2 Å². The highest BCUT2D eigenvalue weighted by atomic mass is 127. The number of halogens is 1. The maximum absolute atomic E-state index is 12.7. The average molecular weight is 592 g/mol. The van der Waals surface area contributed by atoms with Gasteiger partial charge in [0.1, 0.15) is 12.7 Å². The van der Waals surface area contributed by atoms with Gasteiger partial charge in [-0.15, -0.1) is 0 Å². The van der Waals surface area contributed by atoms with Crippen molar-refractivity contribution in [1.82, 2.24) is 5.32 Å². The largest absolute Gasteiger partial charge is 0.463 e. The summed E-state index contributed by atoms with van der Waals surface area (Å²) in [5.74, 6) is -2.93. The third kappa shape index (κ3) is 8.13. The number of nitrogens with one attached hydrogen (secondary N) is 2. The molecule has 1 saturated heterocycles. The van der Waals surface area contributed by atoms with Crippen molar-refractivity contribution in [3.63, 3.8) is 0 Å². The van der Waals surface area contributed by atoms with Crippen LogP contribution in [0.2, 0.25) is 0 Å². The molecular formula is C21H25IN2O10.